The number of hydrogen-bond acceptors (Lipinski definition) is 7. The molecule has 10 nitrogen and oxygen atoms in total. The van der Waals surface area contributed by atoms with Gasteiger partial charge < -0.3 is 19.9 Å². The number of benzene rings is 1. The van der Waals surface area contributed by atoms with Crippen LogP contribution in [-0.4, -0.2) is 70.7 Å². The normalized spacial score (nSPS) is 16.2. The zero-order valence-electron chi connectivity index (χ0n) is 17.5. The number of hydrogen-bond donors (Lipinski definition) is 2. The van der Waals surface area contributed by atoms with Crippen LogP contribution in [0.3, 0.4) is 0 Å². The maximum atomic E-state index is 13.1. The van der Waals surface area contributed by atoms with Crippen molar-refractivity contribution in [3.8, 4) is 5.75 Å². The standard InChI is InChI=1S/C20H23FN4O6S/c1-24(10-12-5-7-13(21)8-6-12)20(29)16-17(27)19(28)23-18(22-16)14-4-3-9-25(14)15(26)11-32(2,30)31/h5-8,14,27H,3-4,9-11H2,1-2H3,(H,22,23,28). The SMILES string of the molecule is CN(Cc1ccc(F)cc1)C(=O)c1nc(C2CCCN2C(=O)CS(C)(=O)=O)[nH]c(=O)c1O. The van der Waals surface area contributed by atoms with Crippen LogP contribution in [0.15, 0.2) is 29.1 Å². The molecule has 1 unspecified atom stereocenters. The summed E-state index contributed by atoms with van der Waals surface area (Å²) < 4.78 is 36.1. The van der Waals surface area contributed by atoms with Crippen molar-refractivity contribution >= 4 is 21.7 Å². The zero-order valence-corrected chi connectivity index (χ0v) is 18.4. The Morgan fingerprint density at radius 2 is 1.97 bits per heavy atom. The summed E-state index contributed by atoms with van der Waals surface area (Å²) in [5.41, 5.74) is -0.813. The Kier molecular flexibility index (Phi) is 6.63. The average Bonchev–Trinajstić information content (AvgIpc) is 3.20. The van der Waals surface area contributed by atoms with Crippen molar-refractivity contribution in [1.82, 2.24) is 19.8 Å². The van der Waals surface area contributed by atoms with Gasteiger partial charge in [0.1, 0.15) is 17.4 Å². The first-order valence-electron chi connectivity index (χ1n) is 9.76. The van der Waals surface area contributed by atoms with E-state index >= 15 is 0 Å². The number of nitrogens with one attached hydrogen (secondary N) is 1. The molecule has 172 valence electrons. The second-order valence-electron chi connectivity index (χ2n) is 7.75. The molecule has 0 radical (unpaired) electrons. The van der Waals surface area contributed by atoms with Crippen LogP contribution in [-0.2, 0) is 21.2 Å². The van der Waals surface area contributed by atoms with Crippen LogP contribution < -0.4 is 5.56 Å². The molecule has 2 heterocycles. The number of aromatic nitrogens is 2. The van der Waals surface area contributed by atoms with E-state index in [1.807, 2.05) is 0 Å². The second-order valence-corrected chi connectivity index (χ2v) is 9.89. The van der Waals surface area contributed by atoms with Crippen LogP contribution in [0, 0.1) is 5.82 Å². The molecule has 1 aliphatic heterocycles. The highest BCUT2D eigenvalue weighted by Crippen LogP contribution is 2.30. The van der Waals surface area contributed by atoms with Gasteiger partial charge >= 0.3 is 0 Å². The van der Waals surface area contributed by atoms with Gasteiger partial charge in [0.25, 0.3) is 11.5 Å². The Morgan fingerprint density at radius 3 is 2.59 bits per heavy atom. The van der Waals surface area contributed by atoms with Gasteiger partial charge in [0.2, 0.25) is 11.7 Å². The number of aromatic amines is 1. The fourth-order valence-corrected chi connectivity index (χ4v) is 4.18. The minimum absolute atomic E-state index is 0.00863. The van der Waals surface area contributed by atoms with Crippen LogP contribution in [0.25, 0.3) is 0 Å². The summed E-state index contributed by atoms with van der Waals surface area (Å²) in [4.78, 5) is 46.6. The number of halogens is 1. The Labute approximate surface area is 183 Å². The fraction of sp³-hybridized carbons (Fsp3) is 0.400. The molecule has 2 amide bonds. The topological polar surface area (TPSA) is 141 Å². The Hall–Kier alpha value is -3.28. The third kappa shape index (κ3) is 5.31. The highest BCUT2D eigenvalue weighted by atomic mass is 32.2. The molecule has 3 rings (SSSR count). The molecule has 1 aromatic heterocycles. The number of nitrogens with zero attached hydrogens (tertiary/aromatic N) is 3. The third-order valence-electron chi connectivity index (χ3n) is 5.07. The highest BCUT2D eigenvalue weighted by Gasteiger charge is 2.34. The van der Waals surface area contributed by atoms with Gasteiger partial charge in [0, 0.05) is 26.4 Å². The summed E-state index contributed by atoms with van der Waals surface area (Å²) >= 11 is 0. The minimum atomic E-state index is -3.55. The van der Waals surface area contributed by atoms with Gasteiger partial charge in [0.15, 0.2) is 15.5 Å². The van der Waals surface area contributed by atoms with Crippen molar-refractivity contribution < 1.29 is 27.5 Å². The van der Waals surface area contributed by atoms with Crippen molar-refractivity contribution in [2.24, 2.45) is 0 Å². The molecule has 1 fully saturated rings. The summed E-state index contributed by atoms with van der Waals surface area (Å²) in [6, 6.07) is 4.76. The van der Waals surface area contributed by atoms with Crippen LogP contribution in [0.4, 0.5) is 4.39 Å². The molecular formula is C20H23FN4O6S. The average molecular weight is 466 g/mol. The van der Waals surface area contributed by atoms with Crippen molar-refractivity contribution in [3.05, 3.63) is 57.5 Å². The van der Waals surface area contributed by atoms with Gasteiger partial charge in [0.05, 0.1) is 6.04 Å². The van der Waals surface area contributed by atoms with Crippen LogP contribution >= 0.6 is 0 Å². The van der Waals surface area contributed by atoms with Crippen LogP contribution in [0.5, 0.6) is 5.75 Å². The van der Waals surface area contributed by atoms with Gasteiger partial charge in [-0.2, -0.15) is 0 Å². The Bertz CT molecular complexity index is 1200. The van der Waals surface area contributed by atoms with E-state index in [0.29, 0.717) is 18.4 Å². The first kappa shape index (κ1) is 23.4. The fourth-order valence-electron chi connectivity index (χ4n) is 3.56. The van der Waals surface area contributed by atoms with Crippen molar-refractivity contribution in [2.45, 2.75) is 25.4 Å². The zero-order chi connectivity index (χ0) is 23.6. The molecule has 2 N–H and O–H groups in total. The molecule has 12 heteroatoms. The minimum Gasteiger partial charge on any atom is -0.501 e. The molecule has 0 bridgehead atoms. The van der Waals surface area contributed by atoms with Crippen molar-refractivity contribution in [3.63, 3.8) is 0 Å². The molecule has 0 aliphatic carbocycles. The van der Waals surface area contributed by atoms with E-state index in [1.54, 1.807) is 0 Å². The summed E-state index contributed by atoms with van der Waals surface area (Å²) in [5.74, 6) is -3.36. The molecule has 0 spiro atoms. The smallest absolute Gasteiger partial charge is 0.294 e. The lowest BCUT2D eigenvalue weighted by molar-refractivity contribution is -0.129. The van der Waals surface area contributed by atoms with Crippen molar-refractivity contribution in [2.75, 3.05) is 25.6 Å². The number of H-pyrrole nitrogens is 1. The summed E-state index contributed by atoms with van der Waals surface area (Å²) in [7, 11) is -2.12. The molecule has 1 aliphatic rings. The molecular weight excluding hydrogens is 443 g/mol. The molecule has 32 heavy (non-hydrogen) atoms. The largest absolute Gasteiger partial charge is 0.501 e. The number of aromatic hydroxyl groups is 1. The van der Waals surface area contributed by atoms with E-state index in [4.69, 9.17) is 0 Å². The van der Waals surface area contributed by atoms with E-state index in [2.05, 4.69) is 9.97 Å². The summed E-state index contributed by atoms with van der Waals surface area (Å²) in [6.45, 7) is 0.349. The number of amides is 2. The van der Waals surface area contributed by atoms with E-state index < -0.39 is 56.3 Å². The number of sulfone groups is 1. The van der Waals surface area contributed by atoms with Gasteiger partial charge in [-0.15, -0.1) is 0 Å². The monoisotopic (exact) mass is 466 g/mol. The van der Waals surface area contributed by atoms with Gasteiger partial charge in [-0.1, -0.05) is 12.1 Å². The van der Waals surface area contributed by atoms with E-state index in [1.165, 1.54) is 41.1 Å². The highest BCUT2D eigenvalue weighted by molar-refractivity contribution is 7.91. The molecule has 1 saturated heterocycles. The first-order chi connectivity index (χ1) is 15.0. The quantitative estimate of drug-likeness (QED) is 0.635. The van der Waals surface area contributed by atoms with Crippen LogP contribution in [0.2, 0.25) is 0 Å². The predicted octanol–water partition coefficient (Wildman–Crippen LogP) is 0.595. The first-order valence-corrected chi connectivity index (χ1v) is 11.8. The van der Waals surface area contributed by atoms with Gasteiger partial charge in [-0.05, 0) is 30.5 Å². The number of carbonyl (C=O) groups is 2. The van der Waals surface area contributed by atoms with E-state index in [-0.39, 0.29) is 18.9 Å². The van der Waals surface area contributed by atoms with Gasteiger partial charge in [-0.3, -0.25) is 14.4 Å². The molecule has 1 aromatic carbocycles. The van der Waals surface area contributed by atoms with Crippen molar-refractivity contribution in [1.29, 1.82) is 0 Å². The lowest BCUT2D eigenvalue weighted by Crippen LogP contribution is -2.37. The second kappa shape index (κ2) is 9.07. The summed E-state index contributed by atoms with van der Waals surface area (Å²) in [6.07, 6.45) is 1.91. The molecule has 2 aromatic rings. The molecule has 0 saturated carbocycles. The number of carbonyl (C=O) groups excluding carboxylic acids is 2. The predicted molar refractivity (Wildman–Crippen MR) is 112 cm³/mol. The Balaban J connectivity index is 1.88. The van der Waals surface area contributed by atoms with Gasteiger partial charge in [-0.25, -0.2) is 17.8 Å². The third-order valence-corrected chi connectivity index (χ3v) is 5.84. The van der Waals surface area contributed by atoms with E-state index in [0.717, 1.165) is 6.26 Å². The lowest BCUT2D eigenvalue weighted by Gasteiger charge is -2.24. The maximum absolute atomic E-state index is 13.1. The number of likely N-dealkylation sites (tertiary alicyclic amines) is 1. The molecule has 1 atom stereocenters. The Morgan fingerprint density at radius 1 is 1.31 bits per heavy atom. The lowest BCUT2D eigenvalue weighted by atomic mass is 10.2. The number of rotatable bonds is 6. The maximum Gasteiger partial charge on any atom is 0.294 e. The summed E-state index contributed by atoms with van der Waals surface area (Å²) in [5, 5.41) is 10.2. The van der Waals surface area contributed by atoms with Crippen LogP contribution in [0.1, 0.15) is 40.8 Å². The van der Waals surface area contributed by atoms with E-state index in [9.17, 15) is 32.3 Å².